The van der Waals surface area contributed by atoms with E-state index < -0.39 is 11.9 Å². The molecule has 1 heterocycles. The Morgan fingerprint density at radius 1 is 1.53 bits per heavy atom. The van der Waals surface area contributed by atoms with Crippen LogP contribution in [-0.2, 0) is 4.79 Å². The molecule has 2 N–H and O–H groups in total. The summed E-state index contributed by atoms with van der Waals surface area (Å²) in [5.74, 6) is 0.915. The maximum Gasteiger partial charge on any atom is 0.308 e. The van der Waals surface area contributed by atoms with Crippen molar-refractivity contribution >= 4 is 17.6 Å². The second kappa shape index (κ2) is 6.92. The predicted molar refractivity (Wildman–Crippen MR) is 75.6 cm³/mol. The quantitative estimate of drug-likeness (QED) is 0.783. The number of nitrogens with one attached hydrogen (secondary N) is 1. The maximum absolute atomic E-state index is 10.8. The lowest BCUT2D eigenvalue weighted by Gasteiger charge is -2.18. The fourth-order valence-corrected chi connectivity index (χ4v) is 1.63. The van der Waals surface area contributed by atoms with Crippen LogP contribution in [0, 0.1) is 12.8 Å². The normalized spacial score (nSPS) is 12.0. The smallest absolute Gasteiger partial charge is 0.308 e. The summed E-state index contributed by atoms with van der Waals surface area (Å²) in [6.45, 7) is 6.87. The molecule has 19 heavy (non-hydrogen) atoms. The van der Waals surface area contributed by atoms with E-state index in [-0.39, 0.29) is 0 Å². The van der Waals surface area contributed by atoms with Gasteiger partial charge in [-0.3, -0.25) is 4.79 Å². The van der Waals surface area contributed by atoms with Gasteiger partial charge in [0.25, 0.3) is 0 Å². The van der Waals surface area contributed by atoms with Crippen LogP contribution in [0.25, 0.3) is 0 Å². The molecule has 0 aromatic carbocycles. The molecule has 1 unspecified atom stereocenters. The number of hydrogen-bond donors (Lipinski definition) is 2. The number of anilines is 2. The van der Waals surface area contributed by atoms with E-state index in [1.165, 1.54) is 0 Å². The van der Waals surface area contributed by atoms with Crippen LogP contribution in [0.4, 0.5) is 11.6 Å². The molecule has 0 radical (unpaired) electrons. The molecule has 6 heteroatoms. The van der Waals surface area contributed by atoms with Gasteiger partial charge in [-0.25, -0.2) is 9.97 Å². The highest BCUT2D eigenvalue weighted by atomic mass is 16.4. The summed E-state index contributed by atoms with van der Waals surface area (Å²) in [4.78, 5) is 21.5. The Morgan fingerprint density at radius 2 is 2.21 bits per heavy atom. The van der Waals surface area contributed by atoms with Crippen LogP contribution in [0.3, 0.4) is 0 Å². The number of rotatable bonds is 7. The topological polar surface area (TPSA) is 78.4 Å². The predicted octanol–water partition coefficient (Wildman–Crippen LogP) is 1.76. The van der Waals surface area contributed by atoms with Gasteiger partial charge in [0.2, 0.25) is 0 Å². The van der Waals surface area contributed by atoms with Gasteiger partial charge in [-0.2, -0.15) is 0 Å². The number of aryl methyl sites for hydroxylation is 1. The lowest BCUT2D eigenvalue weighted by Crippen LogP contribution is -2.22. The van der Waals surface area contributed by atoms with E-state index in [4.69, 9.17) is 5.11 Å². The lowest BCUT2D eigenvalue weighted by atomic mass is 10.2. The zero-order valence-electron chi connectivity index (χ0n) is 12.0. The molecule has 1 aromatic heterocycles. The van der Waals surface area contributed by atoms with Gasteiger partial charge in [-0.15, -0.1) is 0 Å². The third kappa shape index (κ3) is 4.73. The van der Waals surface area contributed by atoms with Crippen LogP contribution >= 0.6 is 0 Å². The summed E-state index contributed by atoms with van der Waals surface area (Å²) in [5, 5.41) is 11.9. The van der Waals surface area contributed by atoms with Crippen molar-refractivity contribution in [2.75, 3.05) is 30.4 Å². The molecular formula is C13H22N4O2. The second-order valence-electron chi connectivity index (χ2n) is 4.70. The first kappa shape index (κ1) is 15.2. The largest absolute Gasteiger partial charge is 0.481 e. The molecule has 0 saturated carbocycles. The summed E-state index contributed by atoms with van der Waals surface area (Å²) >= 11 is 0. The fourth-order valence-electron chi connectivity index (χ4n) is 1.63. The second-order valence-corrected chi connectivity index (χ2v) is 4.70. The molecule has 0 aliphatic heterocycles. The Morgan fingerprint density at radius 3 is 2.79 bits per heavy atom. The van der Waals surface area contributed by atoms with Gasteiger partial charge in [0, 0.05) is 26.2 Å². The first-order valence-electron chi connectivity index (χ1n) is 6.47. The van der Waals surface area contributed by atoms with Crippen molar-refractivity contribution in [3.8, 4) is 0 Å². The van der Waals surface area contributed by atoms with E-state index >= 15 is 0 Å². The molecular weight excluding hydrogens is 244 g/mol. The molecule has 1 rings (SSSR count). The molecule has 0 spiro atoms. The van der Waals surface area contributed by atoms with Gasteiger partial charge in [0.15, 0.2) is 0 Å². The van der Waals surface area contributed by atoms with Crippen molar-refractivity contribution in [3.63, 3.8) is 0 Å². The fraction of sp³-hybridized carbons (Fsp3) is 0.615. The molecule has 6 nitrogen and oxygen atoms in total. The first-order chi connectivity index (χ1) is 8.93. The highest BCUT2D eigenvalue weighted by molar-refractivity contribution is 5.70. The van der Waals surface area contributed by atoms with Crippen LogP contribution in [0.15, 0.2) is 6.07 Å². The van der Waals surface area contributed by atoms with Gasteiger partial charge in [0.1, 0.15) is 17.5 Å². The van der Waals surface area contributed by atoms with Gasteiger partial charge >= 0.3 is 5.97 Å². The van der Waals surface area contributed by atoms with Crippen molar-refractivity contribution in [2.24, 2.45) is 5.92 Å². The van der Waals surface area contributed by atoms with Crippen molar-refractivity contribution in [3.05, 3.63) is 11.9 Å². The summed E-state index contributed by atoms with van der Waals surface area (Å²) < 4.78 is 0. The molecule has 0 fully saturated rings. The molecule has 0 bridgehead atoms. The molecule has 0 amide bonds. The average molecular weight is 266 g/mol. The Labute approximate surface area is 113 Å². The maximum atomic E-state index is 10.8. The van der Waals surface area contributed by atoms with E-state index in [0.29, 0.717) is 18.2 Å². The zero-order chi connectivity index (χ0) is 14.4. The number of carbonyl (C=O) groups is 1. The van der Waals surface area contributed by atoms with E-state index in [0.717, 1.165) is 18.8 Å². The van der Waals surface area contributed by atoms with Crippen LogP contribution < -0.4 is 10.2 Å². The Balaban J connectivity index is 2.76. The molecule has 0 aliphatic carbocycles. The first-order valence-corrected chi connectivity index (χ1v) is 6.47. The standard InChI is InChI=1S/C13H22N4O2/c1-5-6-17(4)12-7-11(15-10(3)16-12)14-8-9(2)13(18)19/h7,9H,5-6,8H2,1-4H3,(H,18,19)(H,14,15,16). The monoisotopic (exact) mass is 266 g/mol. The van der Waals surface area contributed by atoms with E-state index in [1.807, 2.05) is 20.0 Å². The Hall–Kier alpha value is -1.85. The molecule has 106 valence electrons. The summed E-state index contributed by atoms with van der Waals surface area (Å²) in [6, 6.07) is 1.84. The van der Waals surface area contributed by atoms with Gasteiger partial charge in [-0.05, 0) is 13.3 Å². The molecule has 1 aromatic rings. The van der Waals surface area contributed by atoms with Crippen LogP contribution in [0.2, 0.25) is 0 Å². The van der Waals surface area contributed by atoms with Crippen LogP contribution in [-0.4, -0.2) is 41.2 Å². The van der Waals surface area contributed by atoms with Crippen LogP contribution in [0.1, 0.15) is 26.1 Å². The summed E-state index contributed by atoms with van der Waals surface area (Å²) in [6.07, 6.45) is 1.04. The Kier molecular flexibility index (Phi) is 5.54. The number of carboxylic acid groups (broad SMARTS) is 1. The van der Waals surface area contributed by atoms with E-state index in [2.05, 4.69) is 27.1 Å². The van der Waals surface area contributed by atoms with Crippen LogP contribution in [0.5, 0.6) is 0 Å². The SMILES string of the molecule is CCCN(C)c1cc(NCC(C)C(=O)O)nc(C)n1. The zero-order valence-corrected chi connectivity index (χ0v) is 12.0. The highest BCUT2D eigenvalue weighted by Gasteiger charge is 2.11. The molecule has 1 atom stereocenters. The van der Waals surface area contributed by atoms with E-state index in [9.17, 15) is 4.79 Å². The minimum absolute atomic E-state index is 0.350. The molecule has 0 saturated heterocycles. The highest BCUT2D eigenvalue weighted by Crippen LogP contribution is 2.15. The van der Waals surface area contributed by atoms with Gasteiger partial charge in [0.05, 0.1) is 5.92 Å². The minimum Gasteiger partial charge on any atom is -0.481 e. The Bertz CT molecular complexity index is 437. The van der Waals surface area contributed by atoms with Gasteiger partial charge in [-0.1, -0.05) is 13.8 Å². The average Bonchev–Trinajstić information content (AvgIpc) is 2.35. The number of carboxylic acids is 1. The number of aliphatic carboxylic acids is 1. The summed E-state index contributed by atoms with van der Waals surface area (Å²) in [7, 11) is 1.98. The number of aromatic nitrogens is 2. The van der Waals surface area contributed by atoms with Crippen molar-refractivity contribution in [1.82, 2.24) is 9.97 Å². The molecule has 0 aliphatic rings. The van der Waals surface area contributed by atoms with E-state index in [1.54, 1.807) is 6.92 Å². The van der Waals surface area contributed by atoms with Gasteiger partial charge < -0.3 is 15.3 Å². The number of nitrogens with zero attached hydrogens (tertiary/aromatic N) is 3. The lowest BCUT2D eigenvalue weighted by molar-refractivity contribution is -0.140. The minimum atomic E-state index is -0.818. The third-order valence-corrected chi connectivity index (χ3v) is 2.79. The van der Waals surface area contributed by atoms with Crippen molar-refractivity contribution in [2.45, 2.75) is 27.2 Å². The third-order valence-electron chi connectivity index (χ3n) is 2.79. The number of hydrogen-bond acceptors (Lipinski definition) is 5. The van der Waals surface area contributed by atoms with Crippen molar-refractivity contribution < 1.29 is 9.90 Å². The van der Waals surface area contributed by atoms with Crippen molar-refractivity contribution in [1.29, 1.82) is 0 Å². The summed E-state index contributed by atoms with van der Waals surface area (Å²) in [5.41, 5.74) is 0.